The fourth-order valence-electron chi connectivity index (χ4n) is 3.38. The summed E-state index contributed by atoms with van der Waals surface area (Å²) in [6.45, 7) is 8.31. The molecule has 8 N–H and O–H groups in total. The normalized spacial score (nSPS) is 15.6. The molecule has 1 aromatic carbocycles. The van der Waals surface area contributed by atoms with Gasteiger partial charge in [-0.3, -0.25) is 14.4 Å². The number of phenolic OH excluding ortho intramolecular Hbond substituents is 1. The molecule has 11 heteroatoms. The highest BCUT2D eigenvalue weighted by Gasteiger charge is 2.33. The van der Waals surface area contributed by atoms with Crippen molar-refractivity contribution in [3.63, 3.8) is 0 Å². The fourth-order valence-corrected chi connectivity index (χ4v) is 3.38. The zero-order valence-electron chi connectivity index (χ0n) is 20.8. The minimum atomic E-state index is -1.40. The van der Waals surface area contributed by atoms with Crippen LogP contribution in [-0.4, -0.2) is 69.3 Å². The number of carbonyl (C=O) groups is 4. The van der Waals surface area contributed by atoms with Gasteiger partial charge in [-0.1, -0.05) is 39.8 Å². The summed E-state index contributed by atoms with van der Waals surface area (Å²) in [6, 6.07) is 1.48. The van der Waals surface area contributed by atoms with Gasteiger partial charge >= 0.3 is 5.97 Å². The molecule has 0 spiro atoms. The maximum atomic E-state index is 12.9. The van der Waals surface area contributed by atoms with Crippen molar-refractivity contribution in [2.75, 3.05) is 0 Å². The predicted molar refractivity (Wildman–Crippen MR) is 129 cm³/mol. The van der Waals surface area contributed by atoms with E-state index in [1.54, 1.807) is 26.0 Å². The largest absolute Gasteiger partial charge is 0.508 e. The SMILES string of the molecule is CC(C)CC(NC(=O)C(NC(=O)C(NC(=O)C(N)Cc1ccc(O)cc1)C(C)O)C(C)C)C(=O)O. The second-order valence-electron chi connectivity index (χ2n) is 9.46. The first-order valence-electron chi connectivity index (χ1n) is 11.6. The maximum absolute atomic E-state index is 12.9. The van der Waals surface area contributed by atoms with Crippen LogP contribution < -0.4 is 21.7 Å². The average Bonchev–Trinajstić information content (AvgIpc) is 2.75. The molecular weight excluding hydrogens is 456 g/mol. The van der Waals surface area contributed by atoms with Crippen LogP contribution in [0.3, 0.4) is 0 Å². The van der Waals surface area contributed by atoms with Crippen LogP contribution in [-0.2, 0) is 25.6 Å². The summed E-state index contributed by atoms with van der Waals surface area (Å²) in [4.78, 5) is 49.8. The van der Waals surface area contributed by atoms with Gasteiger partial charge in [-0.15, -0.1) is 0 Å². The maximum Gasteiger partial charge on any atom is 0.326 e. The molecule has 1 rings (SSSR count). The van der Waals surface area contributed by atoms with Gasteiger partial charge in [0.1, 0.15) is 23.9 Å². The first-order chi connectivity index (χ1) is 16.2. The number of aliphatic carboxylic acids is 1. The summed E-state index contributed by atoms with van der Waals surface area (Å²) in [5.74, 6) is -3.68. The van der Waals surface area contributed by atoms with Gasteiger partial charge in [0.15, 0.2) is 0 Å². The third-order valence-electron chi connectivity index (χ3n) is 5.36. The first-order valence-corrected chi connectivity index (χ1v) is 11.6. The monoisotopic (exact) mass is 494 g/mol. The Morgan fingerprint density at radius 1 is 0.857 bits per heavy atom. The molecule has 1 aromatic rings. The van der Waals surface area contributed by atoms with E-state index < -0.39 is 59.9 Å². The number of nitrogens with two attached hydrogens (primary N) is 1. The predicted octanol–water partition coefficient (Wildman–Crippen LogP) is -0.116. The zero-order valence-corrected chi connectivity index (χ0v) is 20.8. The van der Waals surface area contributed by atoms with E-state index in [0.29, 0.717) is 5.56 Å². The molecule has 0 saturated heterocycles. The quantitative estimate of drug-likeness (QED) is 0.197. The third kappa shape index (κ3) is 9.91. The molecule has 0 aliphatic heterocycles. The van der Waals surface area contributed by atoms with Crippen molar-refractivity contribution in [1.29, 1.82) is 0 Å². The number of hydrogen-bond acceptors (Lipinski definition) is 7. The molecule has 0 saturated carbocycles. The molecule has 196 valence electrons. The van der Waals surface area contributed by atoms with E-state index in [2.05, 4.69) is 16.0 Å². The Morgan fingerprint density at radius 3 is 1.83 bits per heavy atom. The van der Waals surface area contributed by atoms with Crippen LogP contribution in [0.1, 0.15) is 46.6 Å². The average molecular weight is 495 g/mol. The van der Waals surface area contributed by atoms with Crippen molar-refractivity contribution < 1.29 is 34.5 Å². The minimum Gasteiger partial charge on any atom is -0.508 e. The van der Waals surface area contributed by atoms with E-state index >= 15 is 0 Å². The fraction of sp³-hybridized carbons (Fsp3) is 0.583. The number of carbonyl (C=O) groups excluding carboxylic acids is 3. The van der Waals surface area contributed by atoms with Crippen molar-refractivity contribution in [3.05, 3.63) is 29.8 Å². The van der Waals surface area contributed by atoms with E-state index in [1.165, 1.54) is 19.1 Å². The van der Waals surface area contributed by atoms with Gasteiger partial charge in [0, 0.05) is 0 Å². The van der Waals surface area contributed by atoms with Crippen LogP contribution >= 0.6 is 0 Å². The zero-order chi connectivity index (χ0) is 26.9. The molecule has 0 heterocycles. The number of hydrogen-bond donors (Lipinski definition) is 7. The van der Waals surface area contributed by atoms with E-state index in [0.717, 1.165) is 0 Å². The van der Waals surface area contributed by atoms with Crippen LogP contribution in [0.15, 0.2) is 24.3 Å². The highest BCUT2D eigenvalue weighted by molar-refractivity contribution is 5.94. The summed E-state index contributed by atoms with van der Waals surface area (Å²) in [5, 5.41) is 36.3. The number of aliphatic hydroxyl groups excluding tert-OH is 1. The van der Waals surface area contributed by atoms with Crippen molar-refractivity contribution in [3.8, 4) is 5.75 Å². The lowest BCUT2D eigenvalue weighted by molar-refractivity contribution is -0.143. The highest BCUT2D eigenvalue weighted by atomic mass is 16.4. The van der Waals surface area contributed by atoms with E-state index in [1.807, 2.05) is 13.8 Å². The van der Waals surface area contributed by atoms with Crippen LogP contribution in [0.5, 0.6) is 5.75 Å². The number of carboxylic acids is 1. The Bertz CT molecular complexity index is 871. The molecule has 0 aromatic heterocycles. The highest BCUT2D eigenvalue weighted by Crippen LogP contribution is 2.12. The number of benzene rings is 1. The number of amides is 3. The number of nitrogens with one attached hydrogen (secondary N) is 3. The van der Waals surface area contributed by atoms with Gasteiger partial charge in [0.05, 0.1) is 12.1 Å². The minimum absolute atomic E-state index is 0.0177. The Hall–Kier alpha value is -3.18. The second-order valence-corrected chi connectivity index (χ2v) is 9.46. The number of rotatable bonds is 13. The topological polar surface area (TPSA) is 191 Å². The van der Waals surface area contributed by atoms with Crippen LogP contribution in [0, 0.1) is 11.8 Å². The van der Waals surface area contributed by atoms with Crippen molar-refractivity contribution in [2.45, 2.75) is 77.7 Å². The Balaban J connectivity index is 2.88. The molecule has 3 amide bonds. The summed E-state index contributed by atoms with van der Waals surface area (Å²) >= 11 is 0. The summed E-state index contributed by atoms with van der Waals surface area (Å²) in [7, 11) is 0. The van der Waals surface area contributed by atoms with Crippen LogP contribution in [0.2, 0.25) is 0 Å². The molecular formula is C24H38N4O7. The lowest BCUT2D eigenvalue weighted by atomic mass is 9.99. The molecule has 0 aliphatic rings. The van der Waals surface area contributed by atoms with Gasteiger partial charge < -0.3 is 37.0 Å². The van der Waals surface area contributed by atoms with Crippen LogP contribution in [0.4, 0.5) is 0 Å². The van der Waals surface area contributed by atoms with E-state index in [9.17, 15) is 34.5 Å². The lowest BCUT2D eigenvalue weighted by Gasteiger charge is -2.28. The van der Waals surface area contributed by atoms with Crippen LogP contribution in [0.25, 0.3) is 0 Å². The molecule has 0 fully saturated rings. The number of carboxylic acid groups (broad SMARTS) is 1. The van der Waals surface area contributed by atoms with Gasteiger partial charge in [-0.25, -0.2) is 4.79 Å². The standard InChI is InChI=1S/C24H38N4O7/c1-12(2)10-18(24(34)35)26-22(32)19(13(3)4)27-23(33)20(14(5)29)28-21(31)17(25)11-15-6-8-16(30)9-7-15/h6-9,12-14,17-20,29-30H,10-11,25H2,1-5H3,(H,26,32)(H,27,33)(H,28,31)(H,34,35). The first kappa shape index (κ1) is 29.9. The van der Waals surface area contributed by atoms with Gasteiger partial charge in [0.2, 0.25) is 17.7 Å². The van der Waals surface area contributed by atoms with E-state index in [-0.39, 0.29) is 24.5 Å². The Morgan fingerprint density at radius 2 is 1.37 bits per heavy atom. The Kier molecular flexibility index (Phi) is 11.6. The third-order valence-corrected chi connectivity index (χ3v) is 5.36. The Labute approximate surface area is 205 Å². The smallest absolute Gasteiger partial charge is 0.326 e. The molecule has 0 radical (unpaired) electrons. The number of aliphatic hydroxyl groups is 1. The number of aromatic hydroxyl groups is 1. The summed E-state index contributed by atoms with van der Waals surface area (Å²) < 4.78 is 0. The molecule has 11 nitrogen and oxygen atoms in total. The molecule has 5 atom stereocenters. The molecule has 0 bridgehead atoms. The number of phenols is 1. The van der Waals surface area contributed by atoms with Gasteiger partial charge in [-0.2, -0.15) is 0 Å². The summed E-state index contributed by atoms with van der Waals surface area (Å²) in [5.41, 5.74) is 6.64. The second kappa shape index (κ2) is 13.6. The molecule has 5 unspecified atom stereocenters. The lowest BCUT2D eigenvalue weighted by Crippen LogP contribution is -2.61. The molecule has 0 aliphatic carbocycles. The van der Waals surface area contributed by atoms with Gasteiger partial charge in [-0.05, 0) is 49.3 Å². The van der Waals surface area contributed by atoms with Crippen molar-refractivity contribution in [2.24, 2.45) is 17.6 Å². The van der Waals surface area contributed by atoms with Gasteiger partial charge in [0.25, 0.3) is 0 Å². The summed E-state index contributed by atoms with van der Waals surface area (Å²) in [6.07, 6.45) is -0.960. The molecule has 35 heavy (non-hydrogen) atoms. The van der Waals surface area contributed by atoms with E-state index in [4.69, 9.17) is 5.73 Å². The van der Waals surface area contributed by atoms with Crippen molar-refractivity contribution >= 4 is 23.7 Å². The van der Waals surface area contributed by atoms with Crippen molar-refractivity contribution in [1.82, 2.24) is 16.0 Å².